The number of rotatable bonds is 5. The molecular formula is C19H23N7O. The summed E-state index contributed by atoms with van der Waals surface area (Å²) in [5, 5.41) is 6.12. The van der Waals surface area contributed by atoms with Crippen molar-refractivity contribution in [2.45, 2.75) is 38.8 Å². The molecule has 0 saturated heterocycles. The van der Waals surface area contributed by atoms with Gasteiger partial charge in [-0.05, 0) is 38.8 Å². The lowest BCUT2D eigenvalue weighted by atomic mass is 10.1. The highest BCUT2D eigenvalue weighted by molar-refractivity contribution is 6.05. The zero-order chi connectivity index (χ0) is 19.1. The van der Waals surface area contributed by atoms with E-state index in [1.165, 1.54) is 6.33 Å². The molecule has 8 nitrogen and oxygen atoms in total. The molecule has 1 atom stereocenters. The third-order valence-corrected chi connectivity index (χ3v) is 4.98. The van der Waals surface area contributed by atoms with Gasteiger partial charge in [-0.15, -0.1) is 0 Å². The number of nitrogens with zero attached hydrogens (tertiary/aromatic N) is 4. The fourth-order valence-electron chi connectivity index (χ4n) is 3.37. The Morgan fingerprint density at radius 3 is 2.81 bits per heavy atom. The maximum absolute atomic E-state index is 12.4. The van der Waals surface area contributed by atoms with E-state index in [1.807, 2.05) is 32.0 Å². The second-order valence-electron chi connectivity index (χ2n) is 6.92. The van der Waals surface area contributed by atoms with Gasteiger partial charge in [0, 0.05) is 18.7 Å². The summed E-state index contributed by atoms with van der Waals surface area (Å²) in [5.74, 6) is 1.93. The standard InChI is InChI=1S/C19H23N7O/c1-10-16(20)22-9-23-17(10)24-11(2)18-25-14-6-4-5-13(19(27)21-3)15(14)26(18)12-7-8-12/h4-6,9,11-12H,7-8H2,1-3H3,(H,21,27)(H3,20,22,23,24). The zero-order valence-electron chi connectivity index (χ0n) is 15.7. The van der Waals surface area contributed by atoms with Crippen molar-refractivity contribution < 1.29 is 4.79 Å². The summed E-state index contributed by atoms with van der Waals surface area (Å²) in [6, 6.07) is 5.93. The number of carbonyl (C=O) groups is 1. The number of hydrogen-bond acceptors (Lipinski definition) is 6. The molecule has 4 N–H and O–H groups in total. The molecule has 0 radical (unpaired) electrons. The second kappa shape index (κ2) is 6.53. The van der Waals surface area contributed by atoms with Gasteiger partial charge in [0.1, 0.15) is 23.8 Å². The number of hydrogen-bond donors (Lipinski definition) is 3. The first-order valence-electron chi connectivity index (χ1n) is 9.07. The number of nitrogen functional groups attached to an aromatic ring is 1. The van der Waals surface area contributed by atoms with Crippen LogP contribution in [-0.4, -0.2) is 32.5 Å². The summed E-state index contributed by atoms with van der Waals surface area (Å²) < 4.78 is 2.21. The van der Waals surface area contributed by atoms with Crippen LogP contribution in [0.3, 0.4) is 0 Å². The molecule has 0 spiro atoms. The van der Waals surface area contributed by atoms with Crippen molar-refractivity contribution in [2.75, 3.05) is 18.1 Å². The molecular weight excluding hydrogens is 342 g/mol. The van der Waals surface area contributed by atoms with Gasteiger partial charge in [0.25, 0.3) is 5.91 Å². The average molecular weight is 365 g/mol. The van der Waals surface area contributed by atoms with E-state index in [2.05, 4.69) is 25.2 Å². The van der Waals surface area contributed by atoms with Gasteiger partial charge in [0.15, 0.2) is 0 Å². The first-order valence-corrected chi connectivity index (χ1v) is 9.07. The smallest absolute Gasteiger partial charge is 0.253 e. The molecule has 1 aromatic carbocycles. The third kappa shape index (κ3) is 2.97. The van der Waals surface area contributed by atoms with Crippen LogP contribution in [0.2, 0.25) is 0 Å². The van der Waals surface area contributed by atoms with Crippen LogP contribution < -0.4 is 16.4 Å². The van der Waals surface area contributed by atoms with E-state index in [0.29, 0.717) is 23.2 Å². The van der Waals surface area contributed by atoms with Crippen molar-refractivity contribution in [1.82, 2.24) is 24.8 Å². The first kappa shape index (κ1) is 17.3. The Morgan fingerprint density at radius 2 is 2.11 bits per heavy atom. The van der Waals surface area contributed by atoms with Gasteiger partial charge in [-0.3, -0.25) is 4.79 Å². The van der Waals surface area contributed by atoms with Crippen LogP contribution in [0.1, 0.15) is 53.6 Å². The fourth-order valence-corrected chi connectivity index (χ4v) is 3.37. The maximum atomic E-state index is 12.4. The number of imidazole rings is 1. The Hall–Kier alpha value is -3.16. The van der Waals surface area contributed by atoms with E-state index in [1.54, 1.807) is 7.05 Å². The van der Waals surface area contributed by atoms with Crippen molar-refractivity contribution in [1.29, 1.82) is 0 Å². The summed E-state index contributed by atoms with van der Waals surface area (Å²) in [5.41, 5.74) is 9.07. The van der Waals surface area contributed by atoms with E-state index in [0.717, 1.165) is 35.3 Å². The number of para-hydroxylation sites is 1. The van der Waals surface area contributed by atoms with E-state index >= 15 is 0 Å². The molecule has 1 amide bonds. The van der Waals surface area contributed by atoms with Crippen LogP contribution in [0, 0.1) is 6.92 Å². The summed E-state index contributed by atoms with van der Waals surface area (Å²) in [7, 11) is 1.65. The Balaban J connectivity index is 1.80. The molecule has 2 aromatic heterocycles. The van der Waals surface area contributed by atoms with Crippen LogP contribution in [0.15, 0.2) is 24.5 Å². The van der Waals surface area contributed by atoms with Crippen molar-refractivity contribution in [3.63, 3.8) is 0 Å². The van der Waals surface area contributed by atoms with Crippen LogP contribution in [-0.2, 0) is 0 Å². The number of nitrogens with one attached hydrogen (secondary N) is 2. The zero-order valence-corrected chi connectivity index (χ0v) is 15.7. The van der Waals surface area contributed by atoms with Crippen LogP contribution in [0.25, 0.3) is 11.0 Å². The van der Waals surface area contributed by atoms with Crippen molar-refractivity contribution >= 4 is 28.6 Å². The Bertz CT molecular complexity index is 1020. The monoisotopic (exact) mass is 365 g/mol. The predicted molar refractivity (Wildman–Crippen MR) is 105 cm³/mol. The summed E-state index contributed by atoms with van der Waals surface area (Å²) in [6.45, 7) is 3.93. The quantitative estimate of drug-likeness (QED) is 0.641. The normalized spacial score (nSPS) is 14.9. The van der Waals surface area contributed by atoms with E-state index in [4.69, 9.17) is 10.7 Å². The molecule has 1 unspecified atom stereocenters. The number of aromatic nitrogens is 4. The van der Waals surface area contributed by atoms with E-state index in [-0.39, 0.29) is 11.9 Å². The molecule has 0 aliphatic heterocycles. The van der Waals surface area contributed by atoms with Gasteiger partial charge in [-0.1, -0.05) is 6.07 Å². The number of nitrogens with two attached hydrogens (primary N) is 1. The minimum atomic E-state index is -0.108. The van der Waals surface area contributed by atoms with Crippen molar-refractivity contribution in [3.8, 4) is 0 Å². The molecule has 140 valence electrons. The topological polar surface area (TPSA) is 111 Å². The van der Waals surface area contributed by atoms with Crippen LogP contribution >= 0.6 is 0 Å². The van der Waals surface area contributed by atoms with Crippen LogP contribution in [0.5, 0.6) is 0 Å². The maximum Gasteiger partial charge on any atom is 0.253 e. The molecule has 8 heteroatoms. The summed E-state index contributed by atoms with van der Waals surface area (Å²) in [4.78, 5) is 25.5. The minimum absolute atomic E-state index is 0.103. The lowest BCUT2D eigenvalue weighted by Gasteiger charge is -2.18. The molecule has 3 aromatic rings. The minimum Gasteiger partial charge on any atom is -0.383 e. The molecule has 27 heavy (non-hydrogen) atoms. The lowest BCUT2D eigenvalue weighted by molar-refractivity contribution is 0.0964. The van der Waals surface area contributed by atoms with Gasteiger partial charge in [0.05, 0.1) is 22.6 Å². The van der Waals surface area contributed by atoms with Gasteiger partial charge in [-0.2, -0.15) is 0 Å². The van der Waals surface area contributed by atoms with Gasteiger partial charge >= 0.3 is 0 Å². The first-order chi connectivity index (χ1) is 13.0. The summed E-state index contributed by atoms with van der Waals surface area (Å²) in [6.07, 6.45) is 3.63. The summed E-state index contributed by atoms with van der Waals surface area (Å²) >= 11 is 0. The number of benzene rings is 1. The van der Waals surface area contributed by atoms with Crippen molar-refractivity contribution in [3.05, 3.63) is 41.5 Å². The SMILES string of the molecule is CNC(=O)c1cccc2nc(C(C)Nc3ncnc(N)c3C)n(C3CC3)c12. The number of carbonyl (C=O) groups excluding carboxylic acids is 1. The number of fused-ring (bicyclic) bond motifs is 1. The molecule has 4 rings (SSSR count). The van der Waals surface area contributed by atoms with Gasteiger partial charge < -0.3 is 20.9 Å². The highest BCUT2D eigenvalue weighted by Crippen LogP contribution is 2.41. The van der Waals surface area contributed by atoms with Gasteiger partial charge in [-0.25, -0.2) is 15.0 Å². The number of anilines is 2. The second-order valence-corrected chi connectivity index (χ2v) is 6.92. The molecule has 1 saturated carbocycles. The lowest BCUT2D eigenvalue weighted by Crippen LogP contribution is -2.20. The molecule has 1 aliphatic rings. The molecule has 1 fully saturated rings. The Labute approximate surface area is 157 Å². The van der Waals surface area contributed by atoms with Crippen LogP contribution in [0.4, 0.5) is 11.6 Å². The predicted octanol–water partition coefficient (Wildman–Crippen LogP) is 2.58. The van der Waals surface area contributed by atoms with Gasteiger partial charge in [0.2, 0.25) is 0 Å². The molecule has 0 bridgehead atoms. The van der Waals surface area contributed by atoms with E-state index in [9.17, 15) is 4.79 Å². The number of amides is 1. The average Bonchev–Trinajstić information content (AvgIpc) is 3.43. The largest absolute Gasteiger partial charge is 0.383 e. The van der Waals surface area contributed by atoms with E-state index < -0.39 is 0 Å². The highest BCUT2D eigenvalue weighted by atomic mass is 16.1. The van der Waals surface area contributed by atoms with Crippen molar-refractivity contribution in [2.24, 2.45) is 0 Å². The molecule has 2 heterocycles. The third-order valence-electron chi connectivity index (χ3n) is 4.98. The fraction of sp³-hybridized carbons (Fsp3) is 0.368. The Kier molecular flexibility index (Phi) is 4.18. The Morgan fingerprint density at radius 1 is 1.33 bits per heavy atom. The highest BCUT2D eigenvalue weighted by Gasteiger charge is 2.32. The molecule has 1 aliphatic carbocycles.